The van der Waals surface area contributed by atoms with Crippen LogP contribution in [0.2, 0.25) is 0 Å². The van der Waals surface area contributed by atoms with Crippen LogP contribution in [0.3, 0.4) is 0 Å². The minimum absolute atomic E-state index is 0.218. The zero-order chi connectivity index (χ0) is 8.97. The average Bonchev–Trinajstić information content (AvgIpc) is 2.36. The van der Waals surface area contributed by atoms with Crippen molar-refractivity contribution in [3.63, 3.8) is 0 Å². The fourth-order valence-corrected chi connectivity index (χ4v) is 0.653. The average molecular weight is 170 g/mol. The molecular formula is C6H10N4O2. The summed E-state index contributed by atoms with van der Waals surface area (Å²) in [6, 6.07) is 0. The van der Waals surface area contributed by atoms with Gasteiger partial charge >= 0.3 is 0 Å². The minimum atomic E-state index is -0.239. The first-order valence-electron chi connectivity index (χ1n) is 3.41. The minimum Gasteiger partial charge on any atom is -0.273 e. The van der Waals surface area contributed by atoms with Gasteiger partial charge in [-0.1, -0.05) is 0 Å². The smallest absolute Gasteiger partial charge is 0.240 e. The Hall–Kier alpha value is -1.43. The lowest BCUT2D eigenvalue weighted by Gasteiger charge is -2.01. The third-order valence-corrected chi connectivity index (χ3v) is 1.22. The van der Waals surface area contributed by atoms with Crippen LogP contribution in [0.1, 0.15) is 12.7 Å². The van der Waals surface area contributed by atoms with Gasteiger partial charge in [-0.05, 0) is 0 Å². The van der Waals surface area contributed by atoms with E-state index in [9.17, 15) is 4.79 Å². The highest BCUT2D eigenvalue weighted by molar-refractivity contribution is 5.71. The predicted octanol–water partition coefficient (Wildman–Crippen LogP) is -0.617. The Kier molecular flexibility index (Phi) is 2.76. The summed E-state index contributed by atoms with van der Waals surface area (Å²) in [6.45, 7) is 1.59. The molecule has 0 bridgehead atoms. The van der Waals surface area contributed by atoms with E-state index in [-0.39, 0.29) is 12.5 Å². The van der Waals surface area contributed by atoms with Crippen molar-refractivity contribution in [2.45, 2.75) is 13.5 Å². The molecule has 0 unspecified atom stereocenters. The molecule has 0 fully saturated rings. The normalized spacial score (nSPS) is 9.83. The lowest BCUT2D eigenvalue weighted by molar-refractivity contribution is -0.132. The SMILES string of the molecule is CC(=O)NOCc1ncnn1C. The van der Waals surface area contributed by atoms with Gasteiger partial charge in [-0.15, -0.1) is 0 Å². The number of nitrogens with zero attached hydrogens (tertiary/aromatic N) is 3. The Morgan fingerprint density at radius 3 is 3.08 bits per heavy atom. The molecular weight excluding hydrogens is 160 g/mol. The number of carbonyl (C=O) groups is 1. The molecule has 0 saturated heterocycles. The summed E-state index contributed by atoms with van der Waals surface area (Å²) in [7, 11) is 1.75. The summed E-state index contributed by atoms with van der Waals surface area (Å²) in [6.07, 6.45) is 1.42. The Labute approximate surface area is 69.5 Å². The number of hydrogen-bond acceptors (Lipinski definition) is 4. The molecule has 66 valence electrons. The third kappa shape index (κ3) is 2.31. The van der Waals surface area contributed by atoms with Gasteiger partial charge in [-0.3, -0.25) is 14.3 Å². The molecule has 1 amide bonds. The molecule has 0 atom stereocenters. The number of nitrogens with one attached hydrogen (secondary N) is 1. The number of aryl methyl sites for hydroxylation is 1. The highest BCUT2D eigenvalue weighted by Crippen LogP contribution is 1.91. The van der Waals surface area contributed by atoms with Gasteiger partial charge in [-0.2, -0.15) is 5.10 Å². The fourth-order valence-electron chi connectivity index (χ4n) is 0.653. The first kappa shape index (κ1) is 8.66. The molecule has 0 aromatic carbocycles. The van der Waals surface area contributed by atoms with E-state index in [1.54, 1.807) is 11.7 Å². The molecule has 0 aliphatic heterocycles. The van der Waals surface area contributed by atoms with E-state index in [4.69, 9.17) is 4.84 Å². The molecule has 0 radical (unpaired) electrons. The van der Waals surface area contributed by atoms with Gasteiger partial charge in [0.2, 0.25) is 5.91 Å². The number of carbonyl (C=O) groups excluding carboxylic acids is 1. The van der Waals surface area contributed by atoms with Crippen LogP contribution >= 0.6 is 0 Å². The second-order valence-electron chi connectivity index (χ2n) is 2.25. The molecule has 1 heterocycles. The van der Waals surface area contributed by atoms with E-state index in [1.165, 1.54) is 13.3 Å². The Morgan fingerprint density at radius 2 is 2.58 bits per heavy atom. The molecule has 1 rings (SSSR count). The predicted molar refractivity (Wildman–Crippen MR) is 39.6 cm³/mol. The van der Waals surface area contributed by atoms with Gasteiger partial charge in [0, 0.05) is 14.0 Å². The molecule has 0 aliphatic rings. The van der Waals surface area contributed by atoms with Crippen LogP contribution < -0.4 is 5.48 Å². The van der Waals surface area contributed by atoms with Crippen molar-refractivity contribution in [2.75, 3.05) is 0 Å². The fraction of sp³-hybridized carbons (Fsp3) is 0.500. The van der Waals surface area contributed by atoms with Crippen molar-refractivity contribution in [3.05, 3.63) is 12.2 Å². The summed E-state index contributed by atoms with van der Waals surface area (Å²) in [4.78, 5) is 19.1. The summed E-state index contributed by atoms with van der Waals surface area (Å²) >= 11 is 0. The van der Waals surface area contributed by atoms with Crippen molar-refractivity contribution in [1.82, 2.24) is 20.2 Å². The quantitative estimate of drug-likeness (QED) is 0.614. The highest BCUT2D eigenvalue weighted by Gasteiger charge is 1.99. The molecule has 12 heavy (non-hydrogen) atoms. The Morgan fingerprint density at radius 1 is 1.83 bits per heavy atom. The third-order valence-electron chi connectivity index (χ3n) is 1.22. The summed E-state index contributed by atoms with van der Waals surface area (Å²) in [5.41, 5.74) is 2.19. The van der Waals surface area contributed by atoms with E-state index in [0.717, 1.165) is 0 Å². The van der Waals surface area contributed by atoms with Crippen LogP contribution in [0.5, 0.6) is 0 Å². The molecule has 1 aromatic heterocycles. The van der Waals surface area contributed by atoms with E-state index in [1.807, 2.05) is 0 Å². The lowest BCUT2D eigenvalue weighted by atomic mass is 10.6. The van der Waals surface area contributed by atoms with Crippen molar-refractivity contribution < 1.29 is 9.63 Å². The monoisotopic (exact) mass is 170 g/mol. The molecule has 0 aliphatic carbocycles. The van der Waals surface area contributed by atoms with Gasteiger partial charge in [-0.25, -0.2) is 10.5 Å². The van der Waals surface area contributed by atoms with Crippen molar-refractivity contribution in [3.8, 4) is 0 Å². The van der Waals surface area contributed by atoms with E-state index < -0.39 is 0 Å². The maximum atomic E-state index is 10.4. The standard InChI is InChI=1S/C6H10N4O2/c1-5(11)9-12-3-6-7-4-8-10(6)2/h4H,3H2,1-2H3,(H,9,11). The zero-order valence-corrected chi connectivity index (χ0v) is 6.94. The largest absolute Gasteiger partial charge is 0.273 e. The summed E-state index contributed by atoms with van der Waals surface area (Å²) < 4.78 is 1.57. The lowest BCUT2D eigenvalue weighted by Crippen LogP contribution is -2.20. The van der Waals surface area contributed by atoms with Crippen molar-refractivity contribution in [2.24, 2.45) is 7.05 Å². The molecule has 0 spiro atoms. The van der Waals surface area contributed by atoms with Crippen LogP contribution in [0.4, 0.5) is 0 Å². The van der Waals surface area contributed by atoms with Gasteiger partial charge in [0.1, 0.15) is 12.9 Å². The van der Waals surface area contributed by atoms with Crippen LogP contribution in [0, 0.1) is 0 Å². The first-order chi connectivity index (χ1) is 5.70. The van der Waals surface area contributed by atoms with E-state index in [0.29, 0.717) is 5.82 Å². The zero-order valence-electron chi connectivity index (χ0n) is 6.94. The second kappa shape index (κ2) is 3.82. The topological polar surface area (TPSA) is 69.0 Å². The maximum Gasteiger partial charge on any atom is 0.240 e. The van der Waals surface area contributed by atoms with E-state index in [2.05, 4.69) is 15.6 Å². The van der Waals surface area contributed by atoms with Crippen LogP contribution in [0.15, 0.2) is 6.33 Å². The van der Waals surface area contributed by atoms with Crippen LogP contribution in [-0.4, -0.2) is 20.7 Å². The molecule has 6 heteroatoms. The second-order valence-corrected chi connectivity index (χ2v) is 2.25. The van der Waals surface area contributed by atoms with E-state index >= 15 is 0 Å². The van der Waals surface area contributed by atoms with Gasteiger partial charge < -0.3 is 0 Å². The summed E-state index contributed by atoms with van der Waals surface area (Å²) in [5.74, 6) is 0.418. The van der Waals surface area contributed by atoms with Crippen molar-refractivity contribution in [1.29, 1.82) is 0 Å². The number of hydrogen-bond donors (Lipinski definition) is 1. The highest BCUT2D eigenvalue weighted by atomic mass is 16.7. The molecule has 0 saturated carbocycles. The van der Waals surface area contributed by atoms with Crippen LogP contribution in [-0.2, 0) is 23.3 Å². The number of hydroxylamine groups is 1. The van der Waals surface area contributed by atoms with Gasteiger partial charge in [0.15, 0.2) is 5.82 Å². The Balaban J connectivity index is 2.33. The molecule has 1 N–H and O–H groups in total. The number of rotatable bonds is 3. The van der Waals surface area contributed by atoms with Crippen molar-refractivity contribution >= 4 is 5.91 Å². The first-order valence-corrected chi connectivity index (χ1v) is 3.41. The number of amides is 1. The maximum absolute atomic E-state index is 10.4. The van der Waals surface area contributed by atoms with Gasteiger partial charge in [0.25, 0.3) is 0 Å². The number of aromatic nitrogens is 3. The molecule has 6 nitrogen and oxygen atoms in total. The van der Waals surface area contributed by atoms with Gasteiger partial charge in [0.05, 0.1) is 0 Å². The summed E-state index contributed by atoms with van der Waals surface area (Å²) in [5, 5.41) is 3.83. The Bertz CT molecular complexity index is 270. The van der Waals surface area contributed by atoms with Crippen LogP contribution in [0.25, 0.3) is 0 Å². The molecule has 1 aromatic rings.